The Hall–Kier alpha value is -1.42. The fraction of sp³-hybridized carbons (Fsp3) is 0.500. The third kappa shape index (κ3) is 2.39. The Morgan fingerprint density at radius 3 is 2.44 bits per heavy atom. The number of carbonyl (C=O) groups excluding carboxylic acids is 1. The summed E-state index contributed by atoms with van der Waals surface area (Å²) >= 11 is 0. The maximum atomic E-state index is 11.1. The van der Waals surface area contributed by atoms with Gasteiger partial charge in [0.05, 0.1) is 11.9 Å². The summed E-state index contributed by atoms with van der Waals surface area (Å²) in [7, 11) is 2.13. The summed E-state index contributed by atoms with van der Waals surface area (Å²) in [6.07, 6.45) is 1.79. The molecule has 86 valence electrons. The second-order valence-corrected chi connectivity index (χ2v) is 4.25. The van der Waals surface area contributed by atoms with E-state index < -0.39 is 0 Å². The molecule has 4 heteroatoms. The molecule has 4 nitrogen and oxygen atoms in total. The van der Waals surface area contributed by atoms with E-state index in [1.165, 1.54) is 6.92 Å². The number of likely N-dealkylation sites (N-methyl/N-ethyl adjacent to an activating group) is 1. The van der Waals surface area contributed by atoms with Crippen molar-refractivity contribution in [1.82, 2.24) is 9.88 Å². The summed E-state index contributed by atoms with van der Waals surface area (Å²) < 4.78 is 0. The number of aromatic nitrogens is 1. The topological polar surface area (TPSA) is 36.4 Å². The van der Waals surface area contributed by atoms with E-state index in [-0.39, 0.29) is 5.78 Å². The molecule has 0 spiro atoms. The highest BCUT2D eigenvalue weighted by atomic mass is 16.1. The van der Waals surface area contributed by atoms with Gasteiger partial charge in [0, 0.05) is 33.1 Å². The fourth-order valence-corrected chi connectivity index (χ4v) is 1.85. The van der Waals surface area contributed by atoms with E-state index >= 15 is 0 Å². The van der Waals surface area contributed by atoms with Gasteiger partial charge in [-0.3, -0.25) is 9.78 Å². The first-order valence-electron chi connectivity index (χ1n) is 5.57. The van der Waals surface area contributed by atoms with Gasteiger partial charge in [0.15, 0.2) is 5.78 Å². The molecule has 0 aromatic carbocycles. The minimum absolute atomic E-state index is 0.0185. The zero-order valence-electron chi connectivity index (χ0n) is 9.81. The third-order valence-corrected chi connectivity index (χ3v) is 2.98. The molecule has 1 saturated heterocycles. The molecule has 1 aromatic rings. The minimum Gasteiger partial charge on any atom is -0.368 e. The van der Waals surface area contributed by atoms with Crippen molar-refractivity contribution < 1.29 is 4.79 Å². The van der Waals surface area contributed by atoms with Gasteiger partial charge in [-0.1, -0.05) is 0 Å². The first-order valence-corrected chi connectivity index (χ1v) is 5.57. The molecule has 1 aromatic heterocycles. The maximum absolute atomic E-state index is 11.1. The van der Waals surface area contributed by atoms with E-state index in [2.05, 4.69) is 21.8 Å². The Balaban J connectivity index is 2.07. The molecule has 1 fully saturated rings. The van der Waals surface area contributed by atoms with Gasteiger partial charge in [0.25, 0.3) is 0 Å². The minimum atomic E-state index is 0.0185. The van der Waals surface area contributed by atoms with Gasteiger partial charge in [-0.15, -0.1) is 0 Å². The van der Waals surface area contributed by atoms with Crippen LogP contribution in [0.3, 0.4) is 0 Å². The van der Waals surface area contributed by atoms with Crippen LogP contribution in [0.5, 0.6) is 0 Å². The lowest BCUT2D eigenvalue weighted by Crippen LogP contribution is -2.44. The number of nitrogens with zero attached hydrogens (tertiary/aromatic N) is 3. The van der Waals surface area contributed by atoms with Gasteiger partial charge < -0.3 is 9.80 Å². The lowest BCUT2D eigenvalue weighted by molar-refractivity contribution is 0.101. The monoisotopic (exact) mass is 219 g/mol. The molecule has 1 aliphatic rings. The van der Waals surface area contributed by atoms with Crippen molar-refractivity contribution in [2.24, 2.45) is 0 Å². The van der Waals surface area contributed by atoms with E-state index in [1.807, 2.05) is 6.07 Å². The van der Waals surface area contributed by atoms with Crippen LogP contribution in [0, 0.1) is 0 Å². The van der Waals surface area contributed by atoms with E-state index in [0.29, 0.717) is 5.69 Å². The van der Waals surface area contributed by atoms with Crippen molar-refractivity contribution >= 4 is 11.5 Å². The van der Waals surface area contributed by atoms with Gasteiger partial charge in [-0.05, 0) is 19.2 Å². The molecule has 0 atom stereocenters. The second-order valence-electron chi connectivity index (χ2n) is 4.25. The summed E-state index contributed by atoms with van der Waals surface area (Å²) in [4.78, 5) is 19.9. The van der Waals surface area contributed by atoms with Crippen LogP contribution in [-0.2, 0) is 0 Å². The Labute approximate surface area is 95.9 Å². The van der Waals surface area contributed by atoms with Crippen molar-refractivity contribution in [2.75, 3.05) is 38.1 Å². The van der Waals surface area contributed by atoms with Crippen molar-refractivity contribution in [3.63, 3.8) is 0 Å². The summed E-state index contributed by atoms with van der Waals surface area (Å²) in [6.45, 7) is 5.75. The Morgan fingerprint density at radius 2 is 1.94 bits per heavy atom. The predicted octanol–water partition coefficient (Wildman–Crippen LogP) is 1.04. The quantitative estimate of drug-likeness (QED) is 0.696. The summed E-state index contributed by atoms with van der Waals surface area (Å²) in [5.41, 5.74) is 1.65. The highest BCUT2D eigenvalue weighted by Gasteiger charge is 2.14. The van der Waals surface area contributed by atoms with E-state index in [4.69, 9.17) is 0 Å². The molecule has 0 N–H and O–H groups in total. The van der Waals surface area contributed by atoms with Crippen LogP contribution in [-0.4, -0.2) is 48.9 Å². The largest absolute Gasteiger partial charge is 0.368 e. The van der Waals surface area contributed by atoms with Crippen LogP contribution in [0.25, 0.3) is 0 Å². The lowest BCUT2D eigenvalue weighted by Gasteiger charge is -2.33. The standard InChI is InChI=1S/C12H17N3O/c1-10(16)12-4-3-11(9-13-12)15-7-5-14(2)6-8-15/h3-4,9H,5-8H2,1-2H3. The van der Waals surface area contributed by atoms with E-state index in [0.717, 1.165) is 31.9 Å². The molecule has 16 heavy (non-hydrogen) atoms. The number of piperazine rings is 1. The van der Waals surface area contributed by atoms with Crippen LogP contribution < -0.4 is 4.90 Å². The second kappa shape index (κ2) is 4.61. The number of ketones is 1. The molecular formula is C12H17N3O. The lowest BCUT2D eigenvalue weighted by atomic mass is 10.2. The van der Waals surface area contributed by atoms with Crippen LogP contribution in [0.2, 0.25) is 0 Å². The first-order chi connectivity index (χ1) is 7.66. The van der Waals surface area contributed by atoms with Crippen molar-refractivity contribution in [1.29, 1.82) is 0 Å². The van der Waals surface area contributed by atoms with Crippen LogP contribution in [0.4, 0.5) is 5.69 Å². The molecule has 0 bridgehead atoms. The van der Waals surface area contributed by atoms with Gasteiger partial charge >= 0.3 is 0 Å². The highest BCUT2D eigenvalue weighted by molar-refractivity contribution is 5.92. The number of anilines is 1. The summed E-state index contributed by atoms with van der Waals surface area (Å²) in [5.74, 6) is 0.0185. The number of Topliss-reactive ketones (excluding diaryl/α,β-unsaturated/α-hetero) is 1. The van der Waals surface area contributed by atoms with Gasteiger partial charge in [-0.2, -0.15) is 0 Å². The van der Waals surface area contributed by atoms with Crippen molar-refractivity contribution in [2.45, 2.75) is 6.92 Å². The number of hydrogen-bond donors (Lipinski definition) is 0. The SMILES string of the molecule is CC(=O)c1ccc(N2CCN(C)CC2)cn1. The normalized spacial score (nSPS) is 17.5. The van der Waals surface area contributed by atoms with E-state index in [9.17, 15) is 4.79 Å². The number of pyridine rings is 1. The molecule has 0 saturated carbocycles. The highest BCUT2D eigenvalue weighted by Crippen LogP contribution is 2.15. The number of carbonyl (C=O) groups is 1. The Bertz CT molecular complexity index is 366. The van der Waals surface area contributed by atoms with Crippen LogP contribution in [0.1, 0.15) is 17.4 Å². The molecule has 0 aliphatic carbocycles. The first kappa shape index (κ1) is 11.1. The zero-order valence-corrected chi connectivity index (χ0v) is 9.81. The average molecular weight is 219 g/mol. The molecule has 0 unspecified atom stereocenters. The van der Waals surface area contributed by atoms with Crippen molar-refractivity contribution in [3.05, 3.63) is 24.0 Å². The maximum Gasteiger partial charge on any atom is 0.178 e. The molecule has 0 amide bonds. The number of hydrogen-bond acceptors (Lipinski definition) is 4. The van der Waals surface area contributed by atoms with Gasteiger partial charge in [0.2, 0.25) is 0 Å². The molecule has 0 radical (unpaired) electrons. The fourth-order valence-electron chi connectivity index (χ4n) is 1.85. The predicted molar refractivity (Wildman–Crippen MR) is 64.0 cm³/mol. The third-order valence-electron chi connectivity index (χ3n) is 2.98. The Kier molecular flexibility index (Phi) is 3.19. The molecule has 1 aliphatic heterocycles. The number of rotatable bonds is 2. The van der Waals surface area contributed by atoms with Gasteiger partial charge in [0.1, 0.15) is 5.69 Å². The molecule has 2 rings (SSSR count). The molecular weight excluding hydrogens is 202 g/mol. The zero-order chi connectivity index (χ0) is 11.5. The molecule has 2 heterocycles. The van der Waals surface area contributed by atoms with Crippen LogP contribution >= 0.6 is 0 Å². The Morgan fingerprint density at radius 1 is 1.25 bits per heavy atom. The average Bonchev–Trinajstić information content (AvgIpc) is 2.30. The van der Waals surface area contributed by atoms with E-state index in [1.54, 1.807) is 12.3 Å². The van der Waals surface area contributed by atoms with Gasteiger partial charge in [-0.25, -0.2) is 0 Å². The van der Waals surface area contributed by atoms with Crippen molar-refractivity contribution in [3.8, 4) is 0 Å². The summed E-state index contributed by atoms with van der Waals surface area (Å²) in [6, 6.07) is 3.78. The van der Waals surface area contributed by atoms with Crippen LogP contribution in [0.15, 0.2) is 18.3 Å². The smallest absolute Gasteiger partial charge is 0.178 e. The summed E-state index contributed by atoms with van der Waals surface area (Å²) in [5, 5.41) is 0.